The molecule has 2 heterocycles. The van der Waals surface area contributed by atoms with E-state index in [0.29, 0.717) is 0 Å². The molecule has 0 radical (unpaired) electrons. The molecule has 0 unspecified atom stereocenters. The summed E-state index contributed by atoms with van der Waals surface area (Å²) in [5, 5.41) is 9.24. The van der Waals surface area contributed by atoms with Crippen molar-refractivity contribution in [3.8, 4) is 33.4 Å². The van der Waals surface area contributed by atoms with Crippen LogP contribution in [0.1, 0.15) is 0 Å². The fraction of sp³-hybridized carbons (Fsp3) is 0. The van der Waals surface area contributed by atoms with Crippen LogP contribution in [0.15, 0.2) is 167 Å². The van der Waals surface area contributed by atoms with Crippen LogP contribution in [-0.2, 0) is 0 Å². The van der Waals surface area contributed by atoms with Gasteiger partial charge in [-0.05, 0) is 79.2 Å². The highest BCUT2D eigenvalue weighted by atomic mass is 16.3. The summed E-state index contributed by atoms with van der Waals surface area (Å²) in [7, 11) is 0. The molecule has 10 rings (SSSR count). The topological polar surface area (TPSA) is 26.3 Å². The number of hydrogen-bond acceptors (Lipinski definition) is 2. The van der Waals surface area contributed by atoms with Crippen LogP contribution in [0.3, 0.4) is 0 Å². The second kappa shape index (κ2) is 9.69. The minimum atomic E-state index is 0.866. The second-order valence-electron chi connectivity index (χ2n) is 12.0. The lowest BCUT2D eigenvalue weighted by Crippen LogP contribution is -1.91. The fourth-order valence-electron chi connectivity index (χ4n) is 7.44. The molecule has 0 amide bonds. The average Bonchev–Trinajstić information content (AvgIpc) is 3.67. The molecule has 0 bridgehead atoms. The Morgan fingerprint density at radius 2 is 0.783 bits per heavy atom. The van der Waals surface area contributed by atoms with Crippen LogP contribution in [-0.4, -0.2) is 0 Å². The quantitative estimate of drug-likeness (QED) is 0.193. The van der Waals surface area contributed by atoms with E-state index in [9.17, 15) is 0 Å². The monoisotopic (exact) mass is 586 g/mol. The Balaban J connectivity index is 1.26. The molecule has 10 aromatic rings. The molecule has 0 spiro atoms. The lowest BCUT2D eigenvalue weighted by Gasteiger charge is -2.18. The summed E-state index contributed by atoms with van der Waals surface area (Å²) < 4.78 is 12.9. The Morgan fingerprint density at radius 3 is 1.50 bits per heavy atom. The van der Waals surface area contributed by atoms with Gasteiger partial charge in [-0.2, -0.15) is 0 Å². The van der Waals surface area contributed by atoms with Crippen molar-refractivity contribution in [2.75, 3.05) is 0 Å². The molecular weight excluding hydrogens is 560 g/mol. The van der Waals surface area contributed by atoms with Crippen LogP contribution in [0, 0.1) is 0 Å². The Hall–Kier alpha value is -6.12. The number of rotatable bonds is 3. The van der Waals surface area contributed by atoms with Crippen LogP contribution in [0.5, 0.6) is 0 Å². The van der Waals surface area contributed by atoms with Crippen molar-refractivity contribution < 1.29 is 8.83 Å². The third-order valence-corrected chi connectivity index (χ3v) is 9.48. The lowest BCUT2D eigenvalue weighted by molar-refractivity contribution is 0.664. The zero-order chi connectivity index (χ0) is 30.2. The van der Waals surface area contributed by atoms with E-state index in [0.717, 1.165) is 49.4 Å². The molecule has 0 atom stereocenters. The van der Waals surface area contributed by atoms with Gasteiger partial charge >= 0.3 is 0 Å². The largest absolute Gasteiger partial charge is 0.456 e. The minimum absolute atomic E-state index is 0.866. The van der Waals surface area contributed by atoms with E-state index in [1.54, 1.807) is 0 Å². The van der Waals surface area contributed by atoms with E-state index in [4.69, 9.17) is 8.83 Å². The Bertz CT molecular complexity index is 2720. The normalized spacial score (nSPS) is 11.9. The molecule has 0 saturated heterocycles. The first-order chi connectivity index (χ1) is 22.8. The van der Waals surface area contributed by atoms with Gasteiger partial charge in [-0.1, -0.05) is 133 Å². The molecule has 2 aromatic heterocycles. The number of hydrogen-bond donors (Lipinski definition) is 0. The summed E-state index contributed by atoms with van der Waals surface area (Å²) in [4.78, 5) is 0. The van der Waals surface area contributed by atoms with Gasteiger partial charge < -0.3 is 8.83 Å². The van der Waals surface area contributed by atoms with Crippen molar-refractivity contribution in [2.24, 2.45) is 0 Å². The van der Waals surface area contributed by atoms with Gasteiger partial charge in [0.15, 0.2) is 0 Å². The van der Waals surface area contributed by atoms with Crippen LogP contribution < -0.4 is 0 Å². The summed E-state index contributed by atoms with van der Waals surface area (Å²) in [5.74, 6) is 0. The highest BCUT2D eigenvalue weighted by Gasteiger charge is 2.21. The molecule has 8 aromatic carbocycles. The van der Waals surface area contributed by atoms with Gasteiger partial charge in [0.1, 0.15) is 22.3 Å². The maximum Gasteiger partial charge on any atom is 0.136 e. The predicted octanol–water partition coefficient (Wildman–Crippen LogP) is 12.8. The van der Waals surface area contributed by atoms with Crippen LogP contribution in [0.25, 0.3) is 98.8 Å². The zero-order valence-corrected chi connectivity index (χ0v) is 24.8. The van der Waals surface area contributed by atoms with Crippen LogP contribution >= 0.6 is 0 Å². The van der Waals surface area contributed by atoms with Crippen molar-refractivity contribution in [1.82, 2.24) is 0 Å². The molecule has 46 heavy (non-hydrogen) atoms. The standard InChI is InChI=1S/C44H26O2/c1-2-11-27(12-3-1)28-21-23-29(24-22-28)42-31-14-4-6-16-33(31)43(34-17-7-5-15-32(34)42)35-18-10-20-39-44(35)37-26-40-36(25-41(37)46-39)30-13-8-9-19-38(30)45-40/h1-26H. The first kappa shape index (κ1) is 25.2. The van der Waals surface area contributed by atoms with Crippen molar-refractivity contribution in [1.29, 1.82) is 0 Å². The van der Waals surface area contributed by atoms with Gasteiger partial charge in [0, 0.05) is 21.5 Å². The van der Waals surface area contributed by atoms with E-state index < -0.39 is 0 Å². The molecule has 0 saturated carbocycles. The maximum atomic E-state index is 6.56. The van der Waals surface area contributed by atoms with Crippen molar-refractivity contribution in [2.45, 2.75) is 0 Å². The maximum absolute atomic E-state index is 6.56. The Morgan fingerprint density at radius 1 is 0.283 bits per heavy atom. The molecular formula is C44H26O2. The van der Waals surface area contributed by atoms with E-state index in [1.807, 2.05) is 12.1 Å². The highest BCUT2D eigenvalue weighted by Crippen LogP contribution is 2.47. The van der Waals surface area contributed by atoms with E-state index >= 15 is 0 Å². The molecule has 2 heteroatoms. The molecule has 0 aliphatic rings. The average molecular weight is 587 g/mol. The fourth-order valence-corrected chi connectivity index (χ4v) is 7.44. The number of fused-ring (bicyclic) bond motifs is 8. The van der Waals surface area contributed by atoms with Gasteiger partial charge in [0.05, 0.1) is 0 Å². The summed E-state index contributed by atoms with van der Waals surface area (Å²) in [6, 6.07) is 56.1. The Kier molecular flexibility index (Phi) is 5.31. The highest BCUT2D eigenvalue weighted by molar-refractivity contribution is 6.26. The molecule has 2 nitrogen and oxygen atoms in total. The van der Waals surface area contributed by atoms with Crippen molar-refractivity contribution >= 4 is 65.4 Å². The van der Waals surface area contributed by atoms with Gasteiger partial charge in [-0.25, -0.2) is 0 Å². The van der Waals surface area contributed by atoms with Gasteiger partial charge in [0.2, 0.25) is 0 Å². The number of furan rings is 2. The predicted molar refractivity (Wildman–Crippen MR) is 192 cm³/mol. The molecule has 0 N–H and O–H groups in total. The zero-order valence-electron chi connectivity index (χ0n) is 24.8. The van der Waals surface area contributed by atoms with Crippen molar-refractivity contribution in [3.63, 3.8) is 0 Å². The van der Waals surface area contributed by atoms with Crippen LogP contribution in [0.4, 0.5) is 0 Å². The minimum Gasteiger partial charge on any atom is -0.456 e. The number of benzene rings is 8. The molecule has 0 fully saturated rings. The Labute approximate surface area is 264 Å². The van der Waals surface area contributed by atoms with E-state index in [-0.39, 0.29) is 0 Å². The number of para-hydroxylation sites is 1. The van der Waals surface area contributed by atoms with E-state index in [2.05, 4.69) is 146 Å². The third-order valence-electron chi connectivity index (χ3n) is 9.48. The summed E-state index contributed by atoms with van der Waals surface area (Å²) in [6.45, 7) is 0. The molecule has 214 valence electrons. The van der Waals surface area contributed by atoms with Gasteiger partial charge in [0.25, 0.3) is 0 Å². The third kappa shape index (κ3) is 3.65. The first-order valence-electron chi connectivity index (χ1n) is 15.7. The molecule has 0 aliphatic carbocycles. The first-order valence-corrected chi connectivity index (χ1v) is 15.7. The summed E-state index contributed by atoms with van der Waals surface area (Å²) in [5.41, 5.74) is 10.8. The summed E-state index contributed by atoms with van der Waals surface area (Å²) >= 11 is 0. The van der Waals surface area contributed by atoms with E-state index in [1.165, 1.54) is 49.4 Å². The summed E-state index contributed by atoms with van der Waals surface area (Å²) in [6.07, 6.45) is 0. The second-order valence-corrected chi connectivity index (χ2v) is 12.0. The van der Waals surface area contributed by atoms with Gasteiger partial charge in [-0.15, -0.1) is 0 Å². The molecule has 0 aliphatic heterocycles. The lowest BCUT2D eigenvalue weighted by atomic mass is 9.84. The SMILES string of the molecule is c1ccc(-c2ccc(-c3c4ccccc4c(-c4cccc5oc6cc7c(cc6c45)oc4ccccc47)c4ccccc34)cc2)cc1. The smallest absolute Gasteiger partial charge is 0.136 e. The van der Waals surface area contributed by atoms with Crippen LogP contribution in [0.2, 0.25) is 0 Å². The van der Waals surface area contributed by atoms with Gasteiger partial charge in [-0.3, -0.25) is 0 Å². The van der Waals surface area contributed by atoms with Crippen molar-refractivity contribution in [3.05, 3.63) is 158 Å².